The van der Waals surface area contributed by atoms with Gasteiger partial charge in [0.05, 0.1) is 5.56 Å². The van der Waals surface area contributed by atoms with Gasteiger partial charge in [-0.05, 0) is 41.6 Å². The molecule has 0 fully saturated rings. The molecule has 1 N–H and O–H groups in total. The van der Waals surface area contributed by atoms with E-state index in [2.05, 4.69) is 0 Å². The number of hydrogen-bond donors (Lipinski definition) is 1. The van der Waals surface area contributed by atoms with E-state index in [4.69, 9.17) is 0 Å². The Morgan fingerprint density at radius 2 is 1.67 bits per heavy atom. The Bertz CT molecular complexity index is 447. The third-order valence-corrected chi connectivity index (χ3v) is 9.45. The van der Waals surface area contributed by atoms with Crippen LogP contribution in [0, 0.1) is 0 Å². The van der Waals surface area contributed by atoms with Gasteiger partial charge in [0.15, 0.2) is 8.32 Å². The van der Waals surface area contributed by atoms with Gasteiger partial charge in [-0.15, -0.1) is 0 Å². The first-order valence-corrected chi connectivity index (χ1v) is 9.76. The van der Waals surface area contributed by atoms with E-state index in [0.29, 0.717) is 12.0 Å². The molecule has 0 saturated carbocycles. The topological polar surface area (TPSA) is 20.2 Å². The van der Waals surface area contributed by atoms with E-state index in [1.165, 1.54) is 12.1 Å². The molecule has 1 aromatic carbocycles. The summed E-state index contributed by atoms with van der Waals surface area (Å²) in [5, 5.41) is 0. The molecule has 0 spiro atoms. The standard InChI is InChI=1S/C16H25F3OSi/c1-12(2)21(20,13(3)4)10-6-8-14-7-5-9-15(11-14)16(17,18)19/h5,7,9,11-13,20H,6,8,10H2,1-4H3. The van der Waals surface area contributed by atoms with Crippen molar-refractivity contribution in [2.45, 2.75) is 63.8 Å². The molecular formula is C16H25F3OSi. The van der Waals surface area contributed by atoms with Crippen molar-refractivity contribution in [3.05, 3.63) is 35.4 Å². The maximum absolute atomic E-state index is 12.7. The van der Waals surface area contributed by atoms with Crippen molar-refractivity contribution < 1.29 is 18.0 Å². The number of halogens is 3. The van der Waals surface area contributed by atoms with Crippen molar-refractivity contribution in [2.75, 3.05) is 0 Å². The van der Waals surface area contributed by atoms with Gasteiger partial charge in [-0.3, -0.25) is 0 Å². The van der Waals surface area contributed by atoms with Crippen LogP contribution in [0.3, 0.4) is 0 Å². The Morgan fingerprint density at radius 1 is 1.10 bits per heavy atom. The lowest BCUT2D eigenvalue weighted by Crippen LogP contribution is -2.41. The molecule has 1 aromatic rings. The Hall–Kier alpha value is -0.813. The summed E-state index contributed by atoms with van der Waals surface area (Å²) in [4.78, 5) is 10.8. The lowest BCUT2D eigenvalue weighted by molar-refractivity contribution is -0.137. The van der Waals surface area contributed by atoms with Crippen molar-refractivity contribution >= 4 is 8.32 Å². The van der Waals surface area contributed by atoms with Crippen molar-refractivity contribution in [1.82, 2.24) is 0 Å². The summed E-state index contributed by atoms with van der Waals surface area (Å²) in [6, 6.07) is 6.22. The highest BCUT2D eigenvalue weighted by Gasteiger charge is 2.37. The maximum Gasteiger partial charge on any atom is 0.416 e. The van der Waals surface area contributed by atoms with Gasteiger partial charge in [0, 0.05) is 0 Å². The van der Waals surface area contributed by atoms with Crippen LogP contribution < -0.4 is 0 Å². The molecule has 0 saturated heterocycles. The van der Waals surface area contributed by atoms with Crippen LogP contribution in [-0.4, -0.2) is 13.1 Å². The van der Waals surface area contributed by atoms with Gasteiger partial charge in [-0.25, -0.2) is 0 Å². The number of aryl methyl sites for hydroxylation is 1. The number of benzene rings is 1. The smallest absolute Gasteiger partial charge is 0.416 e. The predicted molar refractivity (Wildman–Crippen MR) is 82.7 cm³/mol. The zero-order valence-electron chi connectivity index (χ0n) is 13.2. The largest absolute Gasteiger partial charge is 0.431 e. The van der Waals surface area contributed by atoms with E-state index in [-0.39, 0.29) is 11.1 Å². The third-order valence-electron chi connectivity index (χ3n) is 4.30. The summed E-state index contributed by atoms with van der Waals surface area (Å²) < 4.78 is 38.0. The Balaban J connectivity index is 2.68. The fourth-order valence-electron chi connectivity index (χ4n) is 2.72. The van der Waals surface area contributed by atoms with Gasteiger partial charge in [-0.2, -0.15) is 13.2 Å². The Labute approximate surface area is 126 Å². The second kappa shape index (κ2) is 6.96. The number of alkyl halides is 3. The van der Waals surface area contributed by atoms with Crippen LogP contribution in [0.15, 0.2) is 24.3 Å². The van der Waals surface area contributed by atoms with E-state index < -0.39 is 20.1 Å². The molecule has 0 aliphatic rings. The summed E-state index contributed by atoms with van der Waals surface area (Å²) in [6.45, 7) is 8.15. The molecule has 0 bridgehead atoms. The molecule has 0 unspecified atom stereocenters. The zero-order chi connectivity index (χ0) is 16.3. The van der Waals surface area contributed by atoms with Crippen molar-refractivity contribution in [3.8, 4) is 0 Å². The molecule has 0 aromatic heterocycles. The Kier molecular flexibility index (Phi) is 6.05. The minimum absolute atomic E-state index is 0.263. The third kappa shape index (κ3) is 4.85. The maximum atomic E-state index is 12.7. The molecule has 0 heterocycles. The molecule has 0 amide bonds. The van der Waals surface area contributed by atoms with Crippen LogP contribution in [0.2, 0.25) is 17.1 Å². The molecule has 21 heavy (non-hydrogen) atoms. The fourth-order valence-corrected chi connectivity index (χ4v) is 5.95. The van der Waals surface area contributed by atoms with E-state index in [1.54, 1.807) is 6.07 Å². The van der Waals surface area contributed by atoms with Gasteiger partial charge in [0.2, 0.25) is 0 Å². The normalized spacial score (nSPS) is 13.2. The van der Waals surface area contributed by atoms with E-state index in [9.17, 15) is 18.0 Å². The van der Waals surface area contributed by atoms with Gasteiger partial charge < -0.3 is 4.80 Å². The second-order valence-corrected chi connectivity index (χ2v) is 11.1. The summed E-state index contributed by atoms with van der Waals surface area (Å²) in [5.41, 5.74) is 0.618. The van der Waals surface area contributed by atoms with Crippen LogP contribution in [0.4, 0.5) is 13.2 Å². The second-order valence-electron chi connectivity index (χ2n) is 6.35. The quantitative estimate of drug-likeness (QED) is 0.697. The number of hydrogen-bond acceptors (Lipinski definition) is 1. The van der Waals surface area contributed by atoms with Gasteiger partial charge in [0.1, 0.15) is 0 Å². The molecular weight excluding hydrogens is 293 g/mol. The minimum Gasteiger partial charge on any atom is -0.431 e. The molecule has 1 rings (SSSR count). The zero-order valence-corrected chi connectivity index (χ0v) is 14.2. The van der Waals surface area contributed by atoms with Gasteiger partial charge in [-0.1, -0.05) is 45.9 Å². The SMILES string of the molecule is CC(C)[Si](O)(CCCc1cccc(C(F)(F)F)c1)C(C)C. The molecule has 5 heteroatoms. The van der Waals surface area contributed by atoms with E-state index in [0.717, 1.165) is 18.5 Å². The Morgan fingerprint density at radius 3 is 2.14 bits per heavy atom. The van der Waals surface area contributed by atoms with E-state index in [1.807, 2.05) is 27.7 Å². The molecule has 0 aliphatic carbocycles. The first-order valence-electron chi connectivity index (χ1n) is 7.46. The lowest BCUT2D eigenvalue weighted by Gasteiger charge is -2.33. The van der Waals surface area contributed by atoms with Crippen LogP contribution in [0.5, 0.6) is 0 Å². The minimum atomic E-state index is -4.29. The molecule has 1 nitrogen and oxygen atoms in total. The highest BCUT2D eigenvalue weighted by molar-refractivity contribution is 6.75. The molecule has 0 radical (unpaired) electrons. The lowest BCUT2D eigenvalue weighted by atomic mass is 10.1. The molecule has 0 aliphatic heterocycles. The predicted octanol–water partition coefficient (Wildman–Crippen LogP) is 5.40. The van der Waals surface area contributed by atoms with E-state index >= 15 is 0 Å². The fraction of sp³-hybridized carbons (Fsp3) is 0.625. The highest BCUT2D eigenvalue weighted by Crippen LogP contribution is 2.35. The highest BCUT2D eigenvalue weighted by atomic mass is 28.4. The summed E-state index contributed by atoms with van der Waals surface area (Å²) in [7, 11) is -2.33. The average molecular weight is 318 g/mol. The van der Waals surface area contributed by atoms with Crippen LogP contribution in [0.1, 0.15) is 45.2 Å². The first kappa shape index (κ1) is 18.2. The first-order chi connectivity index (χ1) is 9.57. The van der Waals surface area contributed by atoms with Crippen LogP contribution >= 0.6 is 0 Å². The van der Waals surface area contributed by atoms with Gasteiger partial charge in [0.25, 0.3) is 0 Å². The summed E-state index contributed by atoms with van der Waals surface area (Å²) in [5.74, 6) is 0. The van der Waals surface area contributed by atoms with Crippen molar-refractivity contribution in [2.24, 2.45) is 0 Å². The van der Waals surface area contributed by atoms with Crippen LogP contribution in [-0.2, 0) is 12.6 Å². The molecule has 0 atom stereocenters. The van der Waals surface area contributed by atoms with Crippen molar-refractivity contribution in [1.29, 1.82) is 0 Å². The number of rotatable bonds is 6. The summed E-state index contributed by atoms with van der Waals surface area (Å²) >= 11 is 0. The monoisotopic (exact) mass is 318 g/mol. The van der Waals surface area contributed by atoms with Crippen LogP contribution in [0.25, 0.3) is 0 Å². The van der Waals surface area contributed by atoms with Gasteiger partial charge >= 0.3 is 6.18 Å². The average Bonchev–Trinajstić information content (AvgIpc) is 2.37. The molecule has 120 valence electrons. The van der Waals surface area contributed by atoms with Crippen molar-refractivity contribution in [3.63, 3.8) is 0 Å². The summed E-state index contributed by atoms with van der Waals surface area (Å²) in [6.07, 6.45) is -2.97.